The molecule has 2 heterocycles. The van der Waals surface area contributed by atoms with E-state index in [1.54, 1.807) is 0 Å². The van der Waals surface area contributed by atoms with Gasteiger partial charge >= 0.3 is 0 Å². The molecule has 24 heavy (non-hydrogen) atoms. The molecular weight excluding hydrogens is 304 g/mol. The molecule has 1 unspecified atom stereocenters. The lowest BCUT2D eigenvalue weighted by atomic mass is 9.95. The lowest BCUT2D eigenvalue weighted by molar-refractivity contribution is -0.143. The number of hydrogen-bond acceptors (Lipinski definition) is 3. The summed E-state index contributed by atoms with van der Waals surface area (Å²) in [5.74, 6) is 0.134. The van der Waals surface area contributed by atoms with Gasteiger partial charge in [-0.05, 0) is 49.8 Å². The molecule has 2 aliphatic heterocycles. The molecule has 130 valence electrons. The van der Waals surface area contributed by atoms with Crippen LogP contribution in [0.15, 0.2) is 24.3 Å². The van der Waals surface area contributed by atoms with Crippen molar-refractivity contribution in [2.24, 2.45) is 5.92 Å². The standard InChI is InChI=1S/C19H26N2O3/c1-2-14-5-7-16(8-6-14)20-18(22)15-9-11-21(12-10-15)19(23)17-4-3-13-24-17/h5-8,15,17H,2-4,9-13H2,1H3,(H,20,22). The van der Waals surface area contributed by atoms with Crippen molar-refractivity contribution in [3.8, 4) is 0 Å². The Labute approximate surface area is 143 Å². The van der Waals surface area contributed by atoms with Crippen LogP contribution in [-0.2, 0) is 20.7 Å². The van der Waals surface area contributed by atoms with Crippen LogP contribution >= 0.6 is 0 Å². The molecule has 2 amide bonds. The average molecular weight is 330 g/mol. The number of amides is 2. The number of nitrogens with zero attached hydrogens (tertiary/aromatic N) is 1. The van der Waals surface area contributed by atoms with Gasteiger partial charge in [-0.3, -0.25) is 9.59 Å². The van der Waals surface area contributed by atoms with Gasteiger partial charge < -0.3 is 15.0 Å². The molecule has 2 fully saturated rings. The highest BCUT2D eigenvalue weighted by atomic mass is 16.5. The van der Waals surface area contributed by atoms with E-state index in [1.165, 1.54) is 5.56 Å². The van der Waals surface area contributed by atoms with Gasteiger partial charge in [0, 0.05) is 31.3 Å². The second-order valence-electron chi connectivity index (χ2n) is 6.64. The topological polar surface area (TPSA) is 58.6 Å². The van der Waals surface area contributed by atoms with E-state index in [4.69, 9.17) is 4.74 Å². The minimum absolute atomic E-state index is 0.0237. The SMILES string of the molecule is CCc1ccc(NC(=O)C2CCN(C(=O)C3CCCO3)CC2)cc1. The van der Waals surface area contributed by atoms with Crippen molar-refractivity contribution in [2.45, 2.75) is 45.1 Å². The highest BCUT2D eigenvalue weighted by molar-refractivity contribution is 5.92. The van der Waals surface area contributed by atoms with Gasteiger partial charge in [0.25, 0.3) is 5.91 Å². The zero-order valence-electron chi connectivity index (χ0n) is 14.3. The van der Waals surface area contributed by atoms with Crippen LogP contribution in [0.1, 0.15) is 38.2 Å². The summed E-state index contributed by atoms with van der Waals surface area (Å²) in [6.45, 7) is 4.09. The van der Waals surface area contributed by atoms with Crippen molar-refractivity contribution in [1.29, 1.82) is 0 Å². The number of aryl methyl sites for hydroxylation is 1. The van der Waals surface area contributed by atoms with Crippen LogP contribution in [0, 0.1) is 5.92 Å². The summed E-state index contributed by atoms with van der Waals surface area (Å²) in [7, 11) is 0. The highest BCUT2D eigenvalue weighted by Gasteiger charge is 2.32. The largest absolute Gasteiger partial charge is 0.368 e. The van der Waals surface area contributed by atoms with E-state index in [0.29, 0.717) is 19.7 Å². The molecule has 1 aromatic carbocycles. The Morgan fingerprint density at radius 3 is 2.46 bits per heavy atom. The van der Waals surface area contributed by atoms with Crippen molar-refractivity contribution in [3.05, 3.63) is 29.8 Å². The number of rotatable bonds is 4. The number of piperidine rings is 1. The zero-order valence-corrected chi connectivity index (χ0v) is 14.3. The molecule has 1 N–H and O–H groups in total. The van der Waals surface area contributed by atoms with Gasteiger partial charge in [0.05, 0.1) is 0 Å². The summed E-state index contributed by atoms with van der Waals surface area (Å²) in [6, 6.07) is 7.98. The maximum atomic E-state index is 12.4. The molecule has 1 atom stereocenters. The number of carbonyl (C=O) groups excluding carboxylic acids is 2. The monoisotopic (exact) mass is 330 g/mol. The van der Waals surface area contributed by atoms with Crippen molar-refractivity contribution < 1.29 is 14.3 Å². The minimum atomic E-state index is -0.257. The fourth-order valence-corrected chi connectivity index (χ4v) is 3.41. The van der Waals surface area contributed by atoms with E-state index in [-0.39, 0.29) is 23.8 Å². The smallest absolute Gasteiger partial charge is 0.251 e. The summed E-state index contributed by atoms with van der Waals surface area (Å²) in [5, 5.41) is 3.00. The summed E-state index contributed by atoms with van der Waals surface area (Å²) in [6.07, 6.45) is 3.96. The second-order valence-corrected chi connectivity index (χ2v) is 6.64. The van der Waals surface area contributed by atoms with Crippen LogP contribution in [0.3, 0.4) is 0 Å². The lowest BCUT2D eigenvalue weighted by Gasteiger charge is -2.32. The first-order valence-corrected chi connectivity index (χ1v) is 8.97. The molecule has 0 spiro atoms. The van der Waals surface area contributed by atoms with Crippen LogP contribution in [0.25, 0.3) is 0 Å². The van der Waals surface area contributed by atoms with Crippen molar-refractivity contribution in [3.63, 3.8) is 0 Å². The molecule has 3 rings (SSSR count). The third-order valence-corrected chi connectivity index (χ3v) is 5.01. The van der Waals surface area contributed by atoms with Gasteiger partial charge in [0.15, 0.2) is 0 Å². The number of nitrogens with one attached hydrogen (secondary N) is 1. The van der Waals surface area contributed by atoms with Crippen molar-refractivity contribution in [2.75, 3.05) is 25.0 Å². The third kappa shape index (κ3) is 3.96. The Balaban J connectivity index is 1.48. The van der Waals surface area contributed by atoms with Gasteiger partial charge in [0.1, 0.15) is 6.10 Å². The maximum absolute atomic E-state index is 12.4. The lowest BCUT2D eigenvalue weighted by Crippen LogP contribution is -2.45. The Kier molecular flexibility index (Phi) is 5.51. The van der Waals surface area contributed by atoms with Gasteiger partial charge in [-0.25, -0.2) is 0 Å². The zero-order chi connectivity index (χ0) is 16.9. The normalized spacial score (nSPS) is 21.7. The second kappa shape index (κ2) is 7.79. The van der Waals surface area contributed by atoms with E-state index in [9.17, 15) is 9.59 Å². The van der Waals surface area contributed by atoms with E-state index in [0.717, 1.165) is 37.8 Å². The fourth-order valence-electron chi connectivity index (χ4n) is 3.41. The summed E-state index contributed by atoms with van der Waals surface area (Å²) in [5.41, 5.74) is 2.10. The molecular formula is C19H26N2O3. The Bertz CT molecular complexity index is 571. The van der Waals surface area contributed by atoms with Crippen LogP contribution < -0.4 is 5.32 Å². The molecule has 0 aliphatic carbocycles. The molecule has 1 aromatic rings. The molecule has 5 nitrogen and oxygen atoms in total. The Morgan fingerprint density at radius 2 is 1.88 bits per heavy atom. The van der Waals surface area contributed by atoms with Crippen LogP contribution in [0.2, 0.25) is 0 Å². The molecule has 0 aromatic heterocycles. The number of hydrogen-bond donors (Lipinski definition) is 1. The van der Waals surface area contributed by atoms with Crippen molar-refractivity contribution >= 4 is 17.5 Å². The number of ether oxygens (including phenoxy) is 1. The first kappa shape index (κ1) is 17.0. The first-order valence-electron chi connectivity index (χ1n) is 8.97. The van der Waals surface area contributed by atoms with Crippen LogP contribution in [-0.4, -0.2) is 42.5 Å². The third-order valence-electron chi connectivity index (χ3n) is 5.01. The summed E-state index contributed by atoms with van der Waals surface area (Å²) < 4.78 is 5.47. The number of benzene rings is 1. The molecule has 2 saturated heterocycles. The number of anilines is 1. The Morgan fingerprint density at radius 1 is 1.17 bits per heavy atom. The van der Waals surface area contributed by atoms with Crippen LogP contribution in [0.4, 0.5) is 5.69 Å². The van der Waals surface area contributed by atoms with E-state index in [2.05, 4.69) is 12.2 Å². The van der Waals surface area contributed by atoms with Gasteiger partial charge in [-0.1, -0.05) is 19.1 Å². The summed E-state index contributed by atoms with van der Waals surface area (Å²) >= 11 is 0. The van der Waals surface area contributed by atoms with Crippen LogP contribution in [0.5, 0.6) is 0 Å². The first-order chi connectivity index (χ1) is 11.7. The van der Waals surface area contributed by atoms with Crippen molar-refractivity contribution in [1.82, 2.24) is 4.90 Å². The van der Waals surface area contributed by atoms with Gasteiger partial charge in [-0.15, -0.1) is 0 Å². The highest BCUT2D eigenvalue weighted by Crippen LogP contribution is 2.22. The maximum Gasteiger partial charge on any atom is 0.251 e. The molecule has 0 saturated carbocycles. The molecule has 2 aliphatic rings. The fraction of sp³-hybridized carbons (Fsp3) is 0.579. The minimum Gasteiger partial charge on any atom is -0.368 e. The molecule has 0 radical (unpaired) electrons. The predicted octanol–water partition coefficient (Wildman–Crippen LogP) is 2.61. The van der Waals surface area contributed by atoms with E-state index < -0.39 is 0 Å². The number of carbonyl (C=O) groups is 2. The van der Waals surface area contributed by atoms with Gasteiger partial charge in [0.2, 0.25) is 5.91 Å². The molecule has 0 bridgehead atoms. The molecule has 5 heteroatoms. The predicted molar refractivity (Wildman–Crippen MR) is 92.7 cm³/mol. The van der Waals surface area contributed by atoms with E-state index >= 15 is 0 Å². The number of likely N-dealkylation sites (tertiary alicyclic amines) is 1. The average Bonchev–Trinajstić information content (AvgIpc) is 3.16. The quantitative estimate of drug-likeness (QED) is 0.923. The van der Waals surface area contributed by atoms with Gasteiger partial charge in [-0.2, -0.15) is 0 Å². The summed E-state index contributed by atoms with van der Waals surface area (Å²) in [4.78, 5) is 26.6. The van der Waals surface area contributed by atoms with E-state index in [1.807, 2.05) is 29.2 Å². The Hall–Kier alpha value is -1.88.